The highest BCUT2D eigenvalue weighted by Crippen LogP contribution is 2.29. The number of likely N-dealkylation sites (N-methyl/N-ethyl adjacent to an activating group) is 1. The van der Waals surface area contributed by atoms with Gasteiger partial charge in [-0.1, -0.05) is 27.7 Å². The van der Waals surface area contributed by atoms with Crippen molar-refractivity contribution < 1.29 is 9.18 Å². The first-order valence-electron chi connectivity index (χ1n) is 9.04. The number of hydrogen-bond donors (Lipinski definition) is 1. The Morgan fingerprint density at radius 1 is 1.15 bits per heavy atom. The number of rotatable bonds is 7. The van der Waals surface area contributed by atoms with E-state index >= 15 is 0 Å². The lowest BCUT2D eigenvalue weighted by molar-refractivity contribution is 0.0948. The summed E-state index contributed by atoms with van der Waals surface area (Å²) in [6.07, 6.45) is 0. The van der Waals surface area contributed by atoms with Crippen molar-refractivity contribution in [3.63, 3.8) is 0 Å². The van der Waals surface area contributed by atoms with Crippen molar-refractivity contribution in [1.82, 2.24) is 20.0 Å². The second-order valence-corrected chi connectivity index (χ2v) is 7.40. The predicted octanol–water partition coefficient (Wildman–Crippen LogP) is 3.55. The van der Waals surface area contributed by atoms with E-state index in [2.05, 4.69) is 5.32 Å². The van der Waals surface area contributed by atoms with E-state index in [-0.39, 0.29) is 23.6 Å². The van der Waals surface area contributed by atoms with E-state index in [0.29, 0.717) is 12.1 Å². The fourth-order valence-electron chi connectivity index (χ4n) is 2.88. The molecule has 26 heavy (non-hydrogen) atoms. The molecular formula is C20H29FN4O. The quantitative estimate of drug-likeness (QED) is 0.821. The third kappa shape index (κ3) is 4.49. The molecule has 0 aliphatic heterocycles. The summed E-state index contributed by atoms with van der Waals surface area (Å²) in [6, 6.07) is 6.19. The lowest BCUT2D eigenvalue weighted by atomic mass is 9.98. The minimum Gasteiger partial charge on any atom is -0.351 e. The fraction of sp³-hybridized carbons (Fsp3) is 0.500. The van der Waals surface area contributed by atoms with Crippen LogP contribution in [0.2, 0.25) is 0 Å². The van der Waals surface area contributed by atoms with Gasteiger partial charge in [-0.2, -0.15) is 5.10 Å². The van der Waals surface area contributed by atoms with Gasteiger partial charge in [0.2, 0.25) is 0 Å². The molecule has 2 rings (SSSR count). The summed E-state index contributed by atoms with van der Waals surface area (Å²) in [5.41, 5.74) is 3.01. The molecule has 142 valence electrons. The van der Waals surface area contributed by atoms with Crippen LogP contribution in [0, 0.1) is 5.82 Å². The van der Waals surface area contributed by atoms with Crippen LogP contribution in [0.4, 0.5) is 4.39 Å². The van der Waals surface area contributed by atoms with Gasteiger partial charge in [-0.25, -0.2) is 9.07 Å². The minimum atomic E-state index is -0.294. The number of carbonyl (C=O) groups excluding carboxylic acids is 1. The van der Waals surface area contributed by atoms with E-state index in [1.54, 1.807) is 16.8 Å². The maximum atomic E-state index is 13.3. The molecule has 0 spiro atoms. The number of benzene rings is 1. The van der Waals surface area contributed by atoms with Crippen LogP contribution in [-0.4, -0.2) is 47.8 Å². The van der Waals surface area contributed by atoms with Gasteiger partial charge in [-0.15, -0.1) is 0 Å². The smallest absolute Gasteiger partial charge is 0.255 e. The van der Waals surface area contributed by atoms with Crippen LogP contribution < -0.4 is 5.32 Å². The van der Waals surface area contributed by atoms with Gasteiger partial charge in [0.1, 0.15) is 5.82 Å². The van der Waals surface area contributed by atoms with Crippen molar-refractivity contribution in [2.45, 2.75) is 39.5 Å². The summed E-state index contributed by atoms with van der Waals surface area (Å²) in [4.78, 5) is 15.0. The topological polar surface area (TPSA) is 50.2 Å². The maximum absolute atomic E-state index is 13.3. The van der Waals surface area contributed by atoms with E-state index in [1.165, 1.54) is 12.1 Å². The lowest BCUT2D eigenvalue weighted by Gasteiger charge is -2.14. The molecule has 0 saturated carbocycles. The van der Waals surface area contributed by atoms with Gasteiger partial charge in [0.25, 0.3) is 5.91 Å². The van der Waals surface area contributed by atoms with Gasteiger partial charge in [-0.05, 0) is 50.2 Å². The van der Waals surface area contributed by atoms with E-state index in [0.717, 1.165) is 23.6 Å². The molecule has 0 saturated heterocycles. The van der Waals surface area contributed by atoms with Crippen molar-refractivity contribution in [3.05, 3.63) is 47.0 Å². The Bertz CT molecular complexity index is 748. The highest BCUT2D eigenvalue weighted by Gasteiger charge is 2.27. The summed E-state index contributed by atoms with van der Waals surface area (Å²) in [6.45, 7) is 9.47. The summed E-state index contributed by atoms with van der Waals surface area (Å²) in [7, 11) is 3.94. The molecule has 0 unspecified atom stereocenters. The van der Waals surface area contributed by atoms with Crippen LogP contribution in [0.15, 0.2) is 24.3 Å². The minimum absolute atomic E-state index is 0.0923. The van der Waals surface area contributed by atoms with Crippen molar-refractivity contribution >= 4 is 5.91 Å². The Balaban J connectivity index is 2.51. The average Bonchev–Trinajstić information content (AvgIpc) is 2.96. The summed E-state index contributed by atoms with van der Waals surface area (Å²) < 4.78 is 15.1. The highest BCUT2D eigenvalue weighted by molar-refractivity contribution is 5.97. The normalized spacial score (nSPS) is 11.6. The first-order valence-corrected chi connectivity index (χ1v) is 9.04. The molecule has 0 fully saturated rings. The molecular weight excluding hydrogens is 331 g/mol. The molecule has 6 heteroatoms. The summed E-state index contributed by atoms with van der Waals surface area (Å²) in [5, 5.41) is 7.72. The zero-order valence-electron chi connectivity index (χ0n) is 16.5. The van der Waals surface area contributed by atoms with Crippen LogP contribution in [0.5, 0.6) is 0 Å². The Morgan fingerprint density at radius 3 is 2.27 bits per heavy atom. The molecule has 1 amide bonds. The van der Waals surface area contributed by atoms with E-state index in [9.17, 15) is 9.18 Å². The molecule has 0 atom stereocenters. The van der Waals surface area contributed by atoms with Crippen LogP contribution in [0.3, 0.4) is 0 Å². The van der Waals surface area contributed by atoms with E-state index < -0.39 is 0 Å². The van der Waals surface area contributed by atoms with Crippen LogP contribution in [0.25, 0.3) is 5.69 Å². The molecule has 5 nitrogen and oxygen atoms in total. The molecule has 0 radical (unpaired) electrons. The highest BCUT2D eigenvalue weighted by atomic mass is 19.1. The SMILES string of the molecule is CC(C)c1nn(-c2ccc(F)cc2)c(C(C)C)c1C(=O)NCCN(C)C. The fourth-order valence-corrected chi connectivity index (χ4v) is 2.88. The van der Waals surface area contributed by atoms with Crippen LogP contribution >= 0.6 is 0 Å². The number of amides is 1. The summed E-state index contributed by atoms with van der Waals surface area (Å²) in [5.74, 6) is -0.205. The van der Waals surface area contributed by atoms with Gasteiger partial charge in [0.05, 0.1) is 22.6 Å². The molecule has 0 bridgehead atoms. The van der Waals surface area contributed by atoms with Gasteiger partial charge in [-0.3, -0.25) is 4.79 Å². The predicted molar refractivity (Wildman–Crippen MR) is 103 cm³/mol. The number of carbonyl (C=O) groups is 1. The first kappa shape index (κ1) is 20.1. The number of nitrogens with one attached hydrogen (secondary N) is 1. The van der Waals surface area contributed by atoms with E-state index in [1.807, 2.05) is 46.7 Å². The molecule has 2 aromatic rings. The third-order valence-electron chi connectivity index (χ3n) is 4.18. The van der Waals surface area contributed by atoms with Crippen molar-refractivity contribution in [1.29, 1.82) is 0 Å². The Kier molecular flexibility index (Phi) is 6.53. The Hall–Kier alpha value is -2.21. The standard InChI is InChI=1S/C20H29FN4O/c1-13(2)18-17(20(26)22-11-12-24(5)6)19(14(3)4)25(23-18)16-9-7-15(21)8-10-16/h7-10,13-14H,11-12H2,1-6H3,(H,22,26). The molecule has 1 N–H and O–H groups in total. The number of halogens is 1. The number of hydrogen-bond acceptors (Lipinski definition) is 3. The number of aromatic nitrogens is 2. The monoisotopic (exact) mass is 360 g/mol. The molecule has 1 aromatic heterocycles. The second kappa shape index (κ2) is 8.45. The van der Waals surface area contributed by atoms with Gasteiger partial charge in [0, 0.05) is 13.1 Å². The van der Waals surface area contributed by atoms with Crippen LogP contribution in [0.1, 0.15) is 61.3 Å². The molecule has 1 heterocycles. The van der Waals surface area contributed by atoms with Crippen LogP contribution in [-0.2, 0) is 0 Å². The average molecular weight is 360 g/mol. The second-order valence-electron chi connectivity index (χ2n) is 7.40. The Morgan fingerprint density at radius 2 is 1.77 bits per heavy atom. The number of nitrogens with zero attached hydrogens (tertiary/aromatic N) is 3. The van der Waals surface area contributed by atoms with Crippen molar-refractivity contribution in [2.24, 2.45) is 0 Å². The third-order valence-corrected chi connectivity index (χ3v) is 4.18. The van der Waals surface area contributed by atoms with Gasteiger partial charge < -0.3 is 10.2 Å². The zero-order valence-corrected chi connectivity index (χ0v) is 16.5. The zero-order chi connectivity index (χ0) is 19.4. The van der Waals surface area contributed by atoms with Crippen molar-refractivity contribution in [2.75, 3.05) is 27.2 Å². The lowest BCUT2D eigenvalue weighted by Crippen LogP contribution is -2.32. The molecule has 1 aromatic carbocycles. The van der Waals surface area contributed by atoms with Gasteiger partial charge >= 0.3 is 0 Å². The molecule has 0 aliphatic carbocycles. The van der Waals surface area contributed by atoms with E-state index in [4.69, 9.17) is 5.10 Å². The largest absolute Gasteiger partial charge is 0.351 e. The van der Waals surface area contributed by atoms with Gasteiger partial charge in [0.15, 0.2) is 0 Å². The molecule has 0 aliphatic rings. The van der Waals surface area contributed by atoms with Crippen molar-refractivity contribution in [3.8, 4) is 5.69 Å². The first-order chi connectivity index (χ1) is 12.2. The maximum Gasteiger partial charge on any atom is 0.255 e. The summed E-state index contributed by atoms with van der Waals surface area (Å²) >= 11 is 0. The Labute approximate surface area is 155 Å².